The lowest BCUT2D eigenvalue weighted by atomic mass is 10.1. The summed E-state index contributed by atoms with van der Waals surface area (Å²) in [5.41, 5.74) is 2.34. The maximum atomic E-state index is 11.6. The van der Waals surface area contributed by atoms with Gasteiger partial charge in [0.2, 0.25) is 5.52 Å². The van der Waals surface area contributed by atoms with E-state index in [1.54, 1.807) is 12.0 Å². The molecule has 0 aliphatic carbocycles. The van der Waals surface area contributed by atoms with Crippen LogP contribution >= 0.6 is 11.6 Å². The molecule has 3 rings (SSSR count). The van der Waals surface area contributed by atoms with Crippen LogP contribution in [0.25, 0.3) is 10.9 Å². The van der Waals surface area contributed by atoms with E-state index in [0.29, 0.717) is 10.7 Å². The Bertz CT molecular complexity index is 727. The third-order valence-electron chi connectivity index (χ3n) is 4.62. The number of methoxy groups -OCH3 is 1. The van der Waals surface area contributed by atoms with Crippen LogP contribution in [0.3, 0.4) is 0 Å². The van der Waals surface area contributed by atoms with Gasteiger partial charge in [0, 0.05) is 6.07 Å². The molecule has 6 heteroatoms. The van der Waals surface area contributed by atoms with Gasteiger partial charge in [0.25, 0.3) is 5.15 Å². The molecule has 1 aliphatic heterocycles. The SMILES string of the molecule is CC[NH+]1CCN(c2c(C=O)c(Cl)[nH+]c3ccc(OC)cc23)CC1. The van der Waals surface area contributed by atoms with Gasteiger partial charge >= 0.3 is 0 Å². The van der Waals surface area contributed by atoms with Gasteiger partial charge in [-0.2, -0.15) is 4.98 Å². The van der Waals surface area contributed by atoms with Gasteiger partial charge < -0.3 is 14.5 Å². The number of anilines is 1. The number of H-pyrrole nitrogens is 1. The highest BCUT2D eigenvalue weighted by Crippen LogP contribution is 2.33. The number of fused-ring (bicyclic) bond motifs is 1. The molecule has 0 saturated carbocycles. The Morgan fingerprint density at radius 3 is 2.74 bits per heavy atom. The second-order valence-corrected chi connectivity index (χ2v) is 6.20. The molecule has 0 bridgehead atoms. The van der Waals surface area contributed by atoms with Crippen LogP contribution in [0.4, 0.5) is 5.69 Å². The molecular weight excluding hydrogens is 314 g/mol. The highest BCUT2D eigenvalue weighted by Gasteiger charge is 2.27. The average molecular weight is 336 g/mol. The van der Waals surface area contributed by atoms with Crippen molar-refractivity contribution in [2.24, 2.45) is 0 Å². The van der Waals surface area contributed by atoms with Crippen molar-refractivity contribution >= 4 is 34.5 Å². The van der Waals surface area contributed by atoms with Crippen molar-refractivity contribution < 1.29 is 19.4 Å². The number of benzene rings is 1. The van der Waals surface area contributed by atoms with Gasteiger partial charge in [-0.05, 0) is 30.7 Å². The number of aromatic nitrogens is 1. The van der Waals surface area contributed by atoms with Crippen molar-refractivity contribution in [1.82, 2.24) is 0 Å². The molecule has 5 nitrogen and oxygen atoms in total. The summed E-state index contributed by atoms with van der Waals surface area (Å²) in [6.07, 6.45) is 0.839. The Labute approximate surface area is 140 Å². The van der Waals surface area contributed by atoms with E-state index in [0.717, 1.165) is 61.3 Å². The molecule has 1 aromatic heterocycles. The Morgan fingerprint density at radius 2 is 2.13 bits per heavy atom. The molecule has 0 amide bonds. The standard InChI is InChI=1S/C17H20ClN3O2/c1-3-20-6-8-21(9-7-20)16-13-10-12(23-2)4-5-15(13)19-17(18)14(16)11-22/h4-5,10-11H,3,6-9H2,1-2H3/p+2. The van der Waals surface area contributed by atoms with Gasteiger partial charge in [0.15, 0.2) is 6.29 Å². The van der Waals surface area contributed by atoms with Crippen molar-refractivity contribution in [3.05, 3.63) is 28.9 Å². The fraction of sp³-hybridized carbons (Fsp3) is 0.412. The molecule has 1 aliphatic rings. The summed E-state index contributed by atoms with van der Waals surface area (Å²) in [4.78, 5) is 18.6. The zero-order valence-electron chi connectivity index (χ0n) is 13.5. The topological polar surface area (TPSA) is 48.1 Å². The second kappa shape index (κ2) is 6.72. The molecular formula is C17H22ClN3O2+2. The van der Waals surface area contributed by atoms with Gasteiger partial charge in [0.05, 0.1) is 50.9 Å². The highest BCUT2D eigenvalue weighted by atomic mass is 35.5. The fourth-order valence-electron chi connectivity index (χ4n) is 3.24. The Balaban J connectivity index is 2.13. The minimum atomic E-state index is 0.387. The molecule has 0 unspecified atom stereocenters. The number of hydrogen-bond donors (Lipinski definition) is 1. The number of rotatable bonds is 4. The van der Waals surface area contributed by atoms with Crippen LogP contribution in [-0.2, 0) is 0 Å². The first-order valence-electron chi connectivity index (χ1n) is 7.94. The number of carbonyl (C=O) groups is 1. The van der Waals surface area contributed by atoms with E-state index in [1.165, 1.54) is 0 Å². The molecule has 2 heterocycles. The molecule has 0 radical (unpaired) electrons. The number of aromatic amines is 1. The fourth-order valence-corrected chi connectivity index (χ4v) is 3.47. The number of nitrogens with zero attached hydrogens (tertiary/aromatic N) is 1. The maximum Gasteiger partial charge on any atom is 0.286 e. The lowest BCUT2D eigenvalue weighted by Crippen LogP contribution is -3.14. The molecule has 1 aromatic carbocycles. The van der Waals surface area contributed by atoms with E-state index in [-0.39, 0.29) is 0 Å². The third-order valence-corrected chi connectivity index (χ3v) is 4.92. The normalized spacial score (nSPS) is 15.9. The number of quaternary nitrogens is 1. The lowest BCUT2D eigenvalue weighted by molar-refractivity contribution is -0.898. The van der Waals surface area contributed by atoms with E-state index in [2.05, 4.69) is 16.8 Å². The molecule has 0 atom stereocenters. The number of nitrogens with one attached hydrogen (secondary N) is 2. The molecule has 1 saturated heterocycles. The van der Waals surface area contributed by atoms with Crippen LogP contribution in [0.5, 0.6) is 5.75 Å². The van der Waals surface area contributed by atoms with Crippen molar-refractivity contribution in [3.63, 3.8) is 0 Å². The summed E-state index contributed by atoms with van der Waals surface area (Å²) in [7, 11) is 1.64. The summed E-state index contributed by atoms with van der Waals surface area (Å²) >= 11 is 6.31. The first-order chi connectivity index (χ1) is 11.2. The van der Waals surface area contributed by atoms with Crippen LogP contribution in [0.1, 0.15) is 17.3 Å². The van der Waals surface area contributed by atoms with E-state index < -0.39 is 0 Å². The van der Waals surface area contributed by atoms with Crippen LogP contribution < -0.4 is 19.5 Å². The summed E-state index contributed by atoms with van der Waals surface area (Å²) in [6.45, 7) is 7.29. The first kappa shape index (κ1) is 16.0. The summed E-state index contributed by atoms with van der Waals surface area (Å²) < 4.78 is 5.34. The third kappa shape index (κ3) is 2.99. The predicted molar refractivity (Wildman–Crippen MR) is 90.9 cm³/mol. The van der Waals surface area contributed by atoms with Gasteiger partial charge in [-0.15, -0.1) is 0 Å². The number of pyridine rings is 1. The van der Waals surface area contributed by atoms with Crippen LogP contribution in [0.2, 0.25) is 5.15 Å². The molecule has 0 spiro atoms. The smallest absolute Gasteiger partial charge is 0.286 e. The van der Waals surface area contributed by atoms with Gasteiger partial charge in [0.1, 0.15) is 11.3 Å². The number of halogens is 1. The summed E-state index contributed by atoms with van der Waals surface area (Å²) in [5.74, 6) is 0.768. The highest BCUT2D eigenvalue weighted by molar-refractivity contribution is 6.32. The number of likely N-dealkylation sites (N-methyl/N-ethyl adjacent to an activating group) is 1. The monoisotopic (exact) mass is 335 g/mol. The molecule has 23 heavy (non-hydrogen) atoms. The van der Waals surface area contributed by atoms with E-state index in [9.17, 15) is 4.79 Å². The van der Waals surface area contributed by atoms with Crippen LogP contribution in [0, 0.1) is 0 Å². The zero-order chi connectivity index (χ0) is 16.4. The molecule has 2 N–H and O–H groups in total. The first-order valence-corrected chi connectivity index (χ1v) is 8.32. The maximum absolute atomic E-state index is 11.6. The minimum absolute atomic E-state index is 0.387. The largest absolute Gasteiger partial charge is 0.497 e. The minimum Gasteiger partial charge on any atom is -0.497 e. The summed E-state index contributed by atoms with van der Waals surface area (Å²) in [6, 6.07) is 5.79. The number of piperazine rings is 1. The number of hydrogen-bond acceptors (Lipinski definition) is 3. The number of carbonyl (C=O) groups excluding carboxylic acids is 1. The Hall–Kier alpha value is -1.85. The van der Waals surface area contributed by atoms with Crippen LogP contribution in [0.15, 0.2) is 18.2 Å². The van der Waals surface area contributed by atoms with E-state index in [1.807, 2.05) is 18.2 Å². The van der Waals surface area contributed by atoms with Crippen molar-refractivity contribution in [1.29, 1.82) is 0 Å². The van der Waals surface area contributed by atoms with E-state index >= 15 is 0 Å². The predicted octanol–water partition coefficient (Wildman–Crippen LogP) is 0.853. The van der Waals surface area contributed by atoms with Gasteiger partial charge in [-0.25, -0.2) is 0 Å². The summed E-state index contributed by atoms with van der Waals surface area (Å²) in [5, 5.41) is 1.36. The molecule has 1 fully saturated rings. The van der Waals surface area contributed by atoms with Crippen molar-refractivity contribution in [3.8, 4) is 5.75 Å². The lowest BCUT2D eigenvalue weighted by Gasteiger charge is -2.33. The van der Waals surface area contributed by atoms with Gasteiger partial charge in [-0.1, -0.05) is 0 Å². The molecule has 122 valence electrons. The Kier molecular flexibility index (Phi) is 4.68. The zero-order valence-corrected chi connectivity index (χ0v) is 14.2. The van der Waals surface area contributed by atoms with Crippen molar-refractivity contribution in [2.75, 3.05) is 44.7 Å². The van der Waals surface area contributed by atoms with Gasteiger partial charge in [-0.3, -0.25) is 4.79 Å². The average Bonchev–Trinajstić information content (AvgIpc) is 2.60. The van der Waals surface area contributed by atoms with Crippen molar-refractivity contribution in [2.45, 2.75) is 6.92 Å². The number of aldehydes is 1. The number of ether oxygens (including phenoxy) is 1. The van der Waals surface area contributed by atoms with Crippen LogP contribution in [-0.4, -0.2) is 46.1 Å². The van der Waals surface area contributed by atoms with E-state index in [4.69, 9.17) is 16.3 Å². The Morgan fingerprint density at radius 1 is 1.39 bits per heavy atom. The molecule has 2 aromatic rings. The second-order valence-electron chi connectivity index (χ2n) is 5.82. The quantitative estimate of drug-likeness (QED) is 0.666.